The van der Waals surface area contributed by atoms with Crippen molar-refractivity contribution in [1.29, 1.82) is 0 Å². The van der Waals surface area contributed by atoms with Crippen LogP contribution in [0.25, 0.3) is 0 Å². The molecule has 0 aromatic heterocycles. The third-order valence-electron chi connectivity index (χ3n) is 3.26. The molecule has 9 heteroatoms. The summed E-state index contributed by atoms with van der Waals surface area (Å²) in [6, 6.07) is 3.57. The van der Waals surface area contributed by atoms with Gasteiger partial charge in [0.05, 0.1) is 11.0 Å². The zero-order chi connectivity index (χ0) is 16.8. The van der Waals surface area contributed by atoms with Crippen LogP contribution in [-0.4, -0.2) is 42.7 Å². The molecule has 23 heavy (non-hydrogen) atoms. The molecule has 0 spiro atoms. The van der Waals surface area contributed by atoms with Crippen LogP contribution in [0.5, 0.6) is 0 Å². The number of nitro groups is 1. The van der Waals surface area contributed by atoms with Gasteiger partial charge in [0.25, 0.3) is 11.6 Å². The Hall–Kier alpha value is -2.19. The number of rotatable bonds is 6. The summed E-state index contributed by atoms with van der Waals surface area (Å²) in [5.74, 6) is -1.45. The van der Waals surface area contributed by atoms with E-state index in [1.807, 2.05) is 0 Å². The van der Waals surface area contributed by atoms with Gasteiger partial charge in [0.1, 0.15) is 5.56 Å². The molecule has 1 aromatic rings. The molecule has 0 unspecified atom stereocenters. The highest BCUT2D eigenvalue weighted by molar-refractivity contribution is 6.31. The Bertz CT molecular complexity index is 615. The van der Waals surface area contributed by atoms with Crippen molar-refractivity contribution in [2.75, 3.05) is 19.8 Å². The van der Waals surface area contributed by atoms with Crippen molar-refractivity contribution in [2.45, 2.75) is 18.9 Å². The molecule has 124 valence electrons. The maximum atomic E-state index is 11.9. The van der Waals surface area contributed by atoms with Crippen molar-refractivity contribution in [3.8, 4) is 0 Å². The van der Waals surface area contributed by atoms with E-state index in [-0.39, 0.29) is 16.7 Å². The van der Waals surface area contributed by atoms with E-state index in [0.29, 0.717) is 13.2 Å². The first-order chi connectivity index (χ1) is 11.0. The summed E-state index contributed by atoms with van der Waals surface area (Å²) >= 11 is 5.66. The quantitative estimate of drug-likeness (QED) is 0.479. The molecular formula is C14H15ClN2O6. The lowest BCUT2D eigenvalue weighted by molar-refractivity contribution is -0.385. The van der Waals surface area contributed by atoms with Crippen molar-refractivity contribution in [1.82, 2.24) is 5.32 Å². The van der Waals surface area contributed by atoms with Crippen LogP contribution in [-0.2, 0) is 14.3 Å². The highest BCUT2D eigenvalue weighted by Gasteiger charge is 2.23. The van der Waals surface area contributed by atoms with Gasteiger partial charge in [0, 0.05) is 24.2 Å². The number of carbonyl (C=O) groups excluding carboxylic acids is 2. The number of esters is 1. The first kappa shape index (κ1) is 17.2. The molecule has 0 bridgehead atoms. The summed E-state index contributed by atoms with van der Waals surface area (Å²) in [5.41, 5.74) is -0.728. The van der Waals surface area contributed by atoms with Crippen LogP contribution in [0.15, 0.2) is 18.2 Å². The number of halogens is 1. The molecule has 1 heterocycles. The van der Waals surface area contributed by atoms with Gasteiger partial charge in [-0.15, -0.1) is 0 Å². The number of nitrogens with one attached hydrogen (secondary N) is 1. The number of nitro benzene ring substituents is 1. The third kappa shape index (κ3) is 4.90. The second-order valence-corrected chi connectivity index (χ2v) is 5.37. The second kappa shape index (κ2) is 7.89. The summed E-state index contributed by atoms with van der Waals surface area (Å²) in [6.07, 6.45) is 1.80. The summed E-state index contributed by atoms with van der Waals surface area (Å²) in [6.45, 7) is 0.499. The fourth-order valence-corrected chi connectivity index (χ4v) is 2.29. The summed E-state index contributed by atoms with van der Waals surface area (Å²) < 4.78 is 10.1. The number of carbonyl (C=O) groups is 2. The van der Waals surface area contributed by atoms with Gasteiger partial charge in [-0.1, -0.05) is 11.6 Å². The first-order valence-electron chi connectivity index (χ1n) is 6.96. The van der Waals surface area contributed by atoms with Gasteiger partial charge in [0.2, 0.25) is 0 Å². The molecule has 0 saturated carbocycles. The normalized spacial score (nSPS) is 16.8. The van der Waals surface area contributed by atoms with Gasteiger partial charge in [-0.3, -0.25) is 14.9 Å². The minimum Gasteiger partial charge on any atom is -0.452 e. The SMILES string of the molecule is O=C(COC(=O)c1ccc(Cl)cc1[N+](=O)[O-])NC[C@@H]1CCCO1. The van der Waals surface area contributed by atoms with Crippen LogP contribution in [0.2, 0.25) is 5.02 Å². The Morgan fingerprint density at radius 3 is 2.91 bits per heavy atom. The fraction of sp³-hybridized carbons (Fsp3) is 0.429. The molecule has 0 aliphatic carbocycles. The van der Waals surface area contributed by atoms with E-state index in [4.69, 9.17) is 21.1 Å². The summed E-state index contributed by atoms with van der Waals surface area (Å²) in [7, 11) is 0. The second-order valence-electron chi connectivity index (χ2n) is 4.93. The zero-order valence-corrected chi connectivity index (χ0v) is 12.9. The lowest BCUT2D eigenvalue weighted by Gasteiger charge is -2.11. The molecule has 1 aromatic carbocycles. The Kier molecular flexibility index (Phi) is 5.89. The van der Waals surface area contributed by atoms with Gasteiger partial charge in [-0.2, -0.15) is 0 Å². The first-order valence-corrected chi connectivity index (χ1v) is 7.34. The minimum atomic E-state index is -0.958. The van der Waals surface area contributed by atoms with Gasteiger partial charge in [0.15, 0.2) is 6.61 Å². The zero-order valence-electron chi connectivity index (χ0n) is 12.1. The van der Waals surface area contributed by atoms with Gasteiger partial charge in [-0.05, 0) is 25.0 Å². The number of amides is 1. The molecule has 2 rings (SSSR count). The summed E-state index contributed by atoms with van der Waals surface area (Å²) in [4.78, 5) is 33.7. The van der Waals surface area contributed by atoms with Crippen molar-refractivity contribution in [3.05, 3.63) is 38.9 Å². The molecular weight excluding hydrogens is 328 g/mol. The number of hydrogen-bond donors (Lipinski definition) is 1. The maximum Gasteiger partial charge on any atom is 0.345 e. The van der Waals surface area contributed by atoms with Gasteiger partial charge >= 0.3 is 5.97 Å². The van der Waals surface area contributed by atoms with Crippen LogP contribution in [0, 0.1) is 10.1 Å². The number of benzene rings is 1. The topological polar surface area (TPSA) is 108 Å². The Balaban J connectivity index is 1.86. The molecule has 1 N–H and O–H groups in total. The van der Waals surface area contributed by atoms with Crippen molar-refractivity contribution >= 4 is 29.2 Å². The van der Waals surface area contributed by atoms with E-state index in [9.17, 15) is 19.7 Å². The molecule has 1 aliphatic heterocycles. The van der Waals surface area contributed by atoms with Crippen LogP contribution < -0.4 is 5.32 Å². The van der Waals surface area contributed by atoms with E-state index in [0.717, 1.165) is 18.9 Å². The molecule has 8 nitrogen and oxygen atoms in total. The van der Waals surface area contributed by atoms with E-state index in [1.165, 1.54) is 12.1 Å². The molecule has 1 aliphatic rings. The average molecular weight is 343 g/mol. The number of hydrogen-bond acceptors (Lipinski definition) is 6. The van der Waals surface area contributed by atoms with E-state index in [2.05, 4.69) is 5.32 Å². The maximum absolute atomic E-state index is 11.9. The Morgan fingerprint density at radius 1 is 1.48 bits per heavy atom. The highest BCUT2D eigenvalue weighted by Crippen LogP contribution is 2.23. The van der Waals surface area contributed by atoms with Gasteiger partial charge < -0.3 is 14.8 Å². The van der Waals surface area contributed by atoms with Crippen LogP contribution in [0.1, 0.15) is 23.2 Å². The smallest absolute Gasteiger partial charge is 0.345 e. The third-order valence-corrected chi connectivity index (χ3v) is 3.50. The van der Waals surface area contributed by atoms with E-state index >= 15 is 0 Å². The molecule has 1 amide bonds. The van der Waals surface area contributed by atoms with Crippen molar-refractivity contribution in [3.63, 3.8) is 0 Å². The summed E-state index contributed by atoms with van der Waals surface area (Å²) in [5, 5.41) is 13.6. The largest absolute Gasteiger partial charge is 0.452 e. The lowest BCUT2D eigenvalue weighted by Crippen LogP contribution is -2.34. The van der Waals surface area contributed by atoms with Crippen molar-refractivity contribution in [2.24, 2.45) is 0 Å². The number of ether oxygens (including phenoxy) is 2. The average Bonchev–Trinajstić information content (AvgIpc) is 3.03. The lowest BCUT2D eigenvalue weighted by atomic mass is 10.2. The fourth-order valence-electron chi connectivity index (χ4n) is 2.12. The van der Waals surface area contributed by atoms with Crippen molar-refractivity contribution < 1.29 is 24.0 Å². The van der Waals surface area contributed by atoms with Crippen LogP contribution >= 0.6 is 11.6 Å². The standard InChI is InChI=1S/C14H15ClN2O6/c15-9-3-4-11(12(6-9)17(20)21)14(19)23-8-13(18)16-7-10-2-1-5-22-10/h3-4,6,10H,1-2,5,7-8H2,(H,16,18)/t10-/m0/s1. The molecule has 1 saturated heterocycles. The predicted molar refractivity (Wildman–Crippen MR) is 80.4 cm³/mol. The van der Waals surface area contributed by atoms with Crippen LogP contribution in [0.3, 0.4) is 0 Å². The minimum absolute atomic E-state index is 0.0213. The Labute approximate surface area is 136 Å². The van der Waals surface area contributed by atoms with Crippen LogP contribution in [0.4, 0.5) is 5.69 Å². The van der Waals surface area contributed by atoms with Gasteiger partial charge in [-0.25, -0.2) is 4.79 Å². The molecule has 1 fully saturated rings. The molecule has 1 atom stereocenters. The van der Waals surface area contributed by atoms with E-state index in [1.54, 1.807) is 0 Å². The van der Waals surface area contributed by atoms with E-state index < -0.39 is 29.1 Å². The Morgan fingerprint density at radius 2 is 2.26 bits per heavy atom. The molecule has 0 radical (unpaired) electrons. The highest BCUT2D eigenvalue weighted by atomic mass is 35.5. The number of nitrogens with zero attached hydrogens (tertiary/aromatic N) is 1. The predicted octanol–water partition coefficient (Wildman–Crippen LogP) is 1.70. The monoisotopic (exact) mass is 342 g/mol.